The van der Waals surface area contributed by atoms with E-state index in [-0.39, 0.29) is 17.6 Å². The lowest BCUT2D eigenvalue weighted by atomic mass is 10.3. The number of nitrogens with two attached hydrogens (primary N) is 1. The zero-order valence-corrected chi connectivity index (χ0v) is 11.5. The molecule has 1 aromatic heterocycles. The van der Waals surface area contributed by atoms with Crippen molar-refractivity contribution >= 4 is 37.7 Å². The topological polar surface area (TPSA) is 61.0 Å². The molecule has 2 aromatic rings. The van der Waals surface area contributed by atoms with Crippen molar-refractivity contribution in [3.63, 3.8) is 0 Å². The van der Waals surface area contributed by atoms with E-state index in [0.717, 1.165) is 0 Å². The molecular weight excluding hydrogens is 357 g/mol. The largest absolute Gasteiger partial charge is 0.424 e. The Balaban J connectivity index is 2.31. The Kier molecular flexibility index (Phi) is 3.58. The Labute approximate surface area is 113 Å². The van der Waals surface area contributed by atoms with Crippen LogP contribution in [0.3, 0.4) is 0 Å². The van der Waals surface area contributed by atoms with Crippen molar-refractivity contribution in [3.05, 3.63) is 39.2 Å². The third kappa shape index (κ3) is 3.37. The number of hydrogen-bond acceptors (Lipinski definition) is 4. The van der Waals surface area contributed by atoms with E-state index >= 15 is 0 Å². The Morgan fingerprint density at radius 2 is 1.88 bits per heavy atom. The second-order valence-corrected chi connectivity index (χ2v) is 4.83. The van der Waals surface area contributed by atoms with Gasteiger partial charge in [0.25, 0.3) is 0 Å². The van der Waals surface area contributed by atoms with Gasteiger partial charge >= 0.3 is 6.01 Å². The Morgan fingerprint density at radius 1 is 1.12 bits per heavy atom. The number of rotatable bonds is 2. The average molecular weight is 363 g/mol. The maximum Gasteiger partial charge on any atom is 0.325 e. The first kappa shape index (κ1) is 12.3. The van der Waals surface area contributed by atoms with Crippen molar-refractivity contribution < 1.29 is 9.13 Å². The fraction of sp³-hybridized carbons (Fsp3) is 0. The van der Waals surface area contributed by atoms with Gasteiger partial charge in [0, 0.05) is 16.6 Å². The summed E-state index contributed by atoms with van der Waals surface area (Å²) < 4.78 is 19.5. The molecule has 0 spiro atoms. The highest BCUT2D eigenvalue weighted by molar-refractivity contribution is 9.10. The van der Waals surface area contributed by atoms with Crippen LogP contribution in [0.5, 0.6) is 11.8 Å². The quantitative estimate of drug-likeness (QED) is 0.830. The van der Waals surface area contributed by atoms with E-state index in [1.165, 1.54) is 18.2 Å². The summed E-state index contributed by atoms with van der Waals surface area (Å²) in [5.74, 6) is 0.129. The average Bonchev–Trinajstić information content (AvgIpc) is 2.13. The molecule has 2 rings (SSSR count). The van der Waals surface area contributed by atoms with Gasteiger partial charge in [-0.3, -0.25) is 0 Å². The van der Waals surface area contributed by atoms with E-state index in [1.54, 1.807) is 6.07 Å². The molecule has 0 aliphatic carbocycles. The van der Waals surface area contributed by atoms with Gasteiger partial charge in [0.2, 0.25) is 0 Å². The molecule has 7 heteroatoms. The van der Waals surface area contributed by atoms with Crippen molar-refractivity contribution in [1.82, 2.24) is 9.97 Å². The van der Waals surface area contributed by atoms with Crippen LogP contribution in [0.4, 0.5) is 10.2 Å². The van der Waals surface area contributed by atoms with Crippen LogP contribution in [0, 0.1) is 5.82 Å². The van der Waals surface area contributed by atoms with Crippen molar-refractivity contribution in [2.45, 2.75) is 0 Å². The van der Waals surface area contributed by atoms with E-state index in [4.69, 9.17) is 10.5 Å². The van der Waals surface area contributed by atoms with Gasteiger partial charge in [-0.1, -0.05) is 15.9 Å². The van der Waals surface area contributed by atoms with Crippen molar-refractivity contribution in [2.75, 3.05) is 5.73 Å². The zero-order valence-electron chi connectivity index (χ0n) is 8.32. The predicted molar refractivity (Wildman–Crippen MR) is 68.3 cm³/mol. The standard InChI is InChI=1S/C10H6Br2FN3O/c11-5-1-6(13)3-7(2-5)17-10-15-8(12)4-9(14)16-10/h1-4H,(H2,14,15,16). The van der Waals surface area contributed by atoms with Crippen LogP contribution < -0.4 is 10.5 Å². The van der Waals surface area contributed by atoms with Crippen LogP contribution >= 0.6 is 31.9 Å². The van der Waals surface area contributed by atoms with Gasteiger partial charge < -0.3 is 10.5 Å². The molecule has 2 N–H and O–H groups in total. The Bertz CT molecular complexity index is 475. The third-order valence-corrected chi connectivity index (χ3v) is 2.60. The van der Waals surface area contributed by atoms with E-state index < -0.39 is 5.82 Å². The van der Waals surface area contributed by atoms with Crippen molar-refractivity contribution in [3.8, 4) is 11.8 Å². The second kappa shape index (κ2) is 4.97. The van der Waals surface area contributed by atoms with Crippen LogP contribution in [-0.2, 0) is 0 Å². The normalized spacial score (nSPS) is 10.3. The number of nitrogen functional groups attached to an aromatic ring is 1. The highest BCUT2D eigenvalue weighted by atomic mass is 79.9. The molecule has 0 amide bonds. The summed E-state index contributed by atoms with van der Waals surface area (Å²) in [6, 6.07) is 5.74. The molecule has 1 aromatic carbocycles. The first-order valence-electron chi connectivity index (χ1n) is 4.47. The monoisotopic (exact) mass is 361 g/mol. The second-order valence-electron chi connectivity index (χ2n) is 3.11. The van der Waals surface area contributed by atoms with Crippen molar-refractivity contribution in [1.29, 1.82) is 0 Å². The van der Waals surface area contributed by atoms with E-state index in [0.29, 0.717) is 9.08 Å². The maximum absolute atomic E-state index is 13.1. The van der Waals surface area contributed by atoms with E-state index in [9.17, 15) is 4.39 Å². The minimum absolute atomic E-state index is 0.0503. The van der Waals surface area contributed by atoms with Crippen LogP contribution in [0.15, 0.2) is 33.3 Å². The predicted octanol–water partition coefficient (Wildman–Crippen LogP) is 3.52. The first-order chi connectivity index (χ1) is 8.02. The minimum atomic E-state index is -0.419. The van der Waals surface area contributed by atoms with Crippen molar-refractivity contribution in [2.24, 2.45) is 0 Å². The molecule has 4 nitrogen and oxygen atoms in total. The molecule has 0 aliphatic rings. The van der Waals surface area contributed by atoms with Crippen LogP contribution in [0.1, 0.15) is 0 Å². The van der Waals surface area contributed by atoms with Gasteiger partial charge in [-0.2, -0.15) is 9.97 Å². The number of nitrogens with zero attached hydrogens (tertiary/aromatic N) is 2. The summed E-state index contributed by atoms with van der Waals surface area (Å²) in [4.78, 5) is 7.82. The molecule has 0 saturated carbocycles. The summed E-state index contributed by atoms with van der Waals surface area (Å²) in [7, 11) is 0. The van der Waals surface area contributed by atoms with Gasteiger partial charge in [0.1, 0.15) is 22.0 Å². The first-order valence-corrected chi connectivity index (χ1v) is 6.05. The van der Waals surface area contributed by atoms with Gasteiger partial charge in [-0.25, -0.2) is 4.39 Å². The molecule has 17 heavy (non-hydrogen) atoms. The SMILES string of the molecule is Nc1cc(Br)nc(Oc2cc(F)cc(Br)c2)n1. The minimum Gasteiger partial charge on any atom is -0.424 e. The smallest absolute Gasteiger partial charge is 0.325 e. The molecular formula is C10H6Br2FN3O. The lowest BCUT2D eigenvalue weighted by molar-refractivity contribution is 0.437. The molecule has 0 aliphatic heterocycles. The number of anilines is 1. The highest BCUT2D eigenvalue weighted by Crippen LogP contribution is 2.25. The van der Waals surface area contributed by atoms with Gasteiger partial charge in [-0.15, -0.1) is 0 Å². The fourth-order valence-electron chi connectivity index (χ4n) is 1.15. The van der Waals surface area contributed by atoms with Crippen LogP contribution in [-0.4, -0.2) is 9.97 Å². The van der Waals surface area contributed by atoms with E-state index in [2.05, 4.69) is 41.8 Å². The van der Waals surface area contributed by atoms with Gasteiger partial charge in [-0.05, 0) is 28.1 Å². The summed E-state index contributed by atoms with van der Waals surface area (Å²) in [5, 5.41) is 0. The lowest BCUT2D eigenvalue weighted by Crippen LogP contribution is -1.97. The molecule has 88 valence electrons. The van der Waals surface area contributed by atoms with Gasteiger partial charge in [0.05, 0.1) is 0 Å². The molecule has 0 radical (unpaired) electrons. The summed E-state index contributed by atoms with van der Waals surface area (Å²) >= 11 is 6.32. The Morgan fingerprint density at radius 3 is 2.53 bits per heavy atom. The number of ether oxygens (including phenoxy) is 1. The lowest BCUT2D eigenvalue weighted by Gasteiger charge is -2.05. The molecule has 1 heterocycles. The molecule has 0 atom stereocenters. The third-order valence-electron chi connectivity index (χ3n) is 1.74. The maximum atomic E-state index is 13.1. The zero-order chi connectivity index (χ0) is 12.4. The molecule has 0 unspecified atom stereocenters. The molecule has 0 saturated heterocycles. The van der Waals surface area contributed by atoms with Gasteiger partial charge in [0.15, 0.2) is 0 Å². The summed E-state index contributed by atoms with van der Waals surface area (Å²) in [5.41, 5.74) is 5.53. The van der Waals surface area contributed by atoms with Crippen LogP contribution in [0.25, 0.3) is 0 Å². The summed E-state index contributed by atoms with van der Waals surface area (Å²) in [6.07, 6.45) is 0. The number of hydrogen-bond donors (Lipinski definition) is 1. The number of halogens is 3. The number of benzene rings is 1. The van der Waals surface area contributed by atoms with E-state index in [1.807, 2.05) is 0 Å². The van der Waals surface area contributed by atoms with Crippen LogP contribution in [0.2, 0.25) is 0 Å². The summed E-state index contributed by atoms with van der Waals surface area (Å²) in [6.45, 7) is 0. The highest BCUT2D eigenvalue weighted by Gasteiger charge is 2.06. The Hall–Kier alpha value is -1.21. The molecule has 0 bridgehead atoms. The fourth-order valence-corrected chi connectivity index (χ4v) is 1.98. The number of aromatic nitrogens is 2. The molecule has 0 fully saturated rings.